The van der Waals surface area contributed by atoms with E-state index in [1.165, 1.54) is 17.4 Å². The van der Waals surface area contributed by atoms with Gasteiger partial charge in [0.15, 0.2) is 0 Å². The summed E-state index contributed by atoms with van der Waals surface area (Å²) in [5, 5.41) is 13.1. The van der Waals surface area contributed by atoms with Gasteiger partial charge in [-0.1, -0.05) is 53.8 Å². The third kappa shape index (κ3) is 3.25. The molecular weight excluding hydrogens is 285 g/mol. The molecule has 0 amide bonds. The van der Waals surface area contributed by atoms with Crippen LogP contribution in [0.4, 0.5) is 9.52 Å². The topological polar surface area (TPSA) is 37.8 Å². The van der Waals surface area contributed by atoms with Crippen LogP contribution in [0.3, 0.4) is 0 Å². The minimum absolute atomic E-state index is 0.158. The normalized spacial score (nSPS) is 12.1. The van der Waals surface area contributed by atoms with Crippen LogP contribution in [-0.4, -0.2) is 10.2 Å². The van der Waals surface area contributed by atoms with Gasteiger partial charge in [-0.3, -0.25) is 0 Å². The smallest absolute Gasteiger partial charge is 0.206 e. The highest BCUT2D eigenvalue weighted by Gasteiger charge is 2.16. The van der Waals surface area contributed by atoms with Crippen LogP contribution < -0.4 is 5.32 Å². The molecule has 0 bridgehead atoms. The lowest BCUT2D eigenvalue weighted by Gasteiger charge is -2.19. The molecule has 21 heavy (non-hydrogen) atoms. The van der Waals surface area contributed by atoms with E-state index in [1.807, 2.05) is 43.3 Å². The zero-order valence-corrected chi connectivity index (χ0v) is 12.3. The molecule has 0 fully saturated rings. The molecular formula is C16H14FN3S. The van der Waals surface area contributed by atoms with E-state index in [2.05, 4.69) is 15.5 Å². The molecule has 1 heterocycles. The maximum Gasteiger partial charge on any atom is 0.206 e. The fraction of sp³-hybridized carbons (Fsp3) is 0.125. The van der Waals surface area contributed by atoms with E-state index < -0.39 is 0 Å². The van der Waals surface area contributed by atoms with E-state index in [9.17, 15) is 4.39 Å². The van der Waals surface area contributed by atoms with Gasteiger partial charge in [0, 0.05) is 0 Å². The van der Waals surface area contributed by atoms with Gasteiger partial charge in [-0.25, -0.2) is 4.39 Å². The van der Waals surface area contributed by atoms with Crippen molar-refractivity contribution in [2.24, 2.45) is 0 Å². The average Bonchev–Trinajstić information content (AvgIpc) is 2.91. The van der Waals surface area contributed by atoms with Gasteiger partial charge in [-0.05, 0) is 30.2 Å². The first kappa shape index (κ1) is 13.7. The second-order valence-corrected chi connectivity index (χ2v) is 5.85. The first-order valence-electron chi connectivity index (χ1n) is 6.59. The Bertz CT molecular complexity index is 727. The summed E-state index contributed by atoms with van der Waals surface area (Å²) in [6.45, 7) is 1.91. The fourth-order valence-electron chi connectivity index (χ4n) is 2.17. The molecule has 0 saturated heterocycles. The quantitative estimate of drug-likeness (QED) is 0.785. The fourth-order valence-corrected chi connectivity index (χ4v) is 2.79. The van der Waals surface area contributed by atoms with Crippen LogP contribution >= 0.6 is 11.3 Å². The third-order valence-electron chi connectivity index (χ3n) is 3.11. The van der Waals surface area contributed by atoms with Crippen LogP contribution in [0.25, 0.3) is 0 Å². The second-order valence-electron chi connectivity index (χ2n) is 4.67. The monoisotopic (exact) mass is 299 g/mol. The summed E-state index contributed by atoms with van der Waals surface area (Å²) < 4.78 is 13.5. The number of nitrogens with zero attached hydrogens (tertiary/aromatic N) is 2. The summed E-state index contributed by atoms with van der Waals surface area (Å²) in [5.41, 5.74) is 1.91. The Morgan fingerprint density at radius 2 is 1.76 bits per heavy atom. The molecule has 0 aliphatic rings. The van der Waals surface area contributed by atoms with Crippen molar-refractivity contribution in [2.45, 2.75) is 13.0 Å². The Morgan fingerprint density at radius 3 is 2.43 bits per heavy atom. The summed E-state index contributed by atoms with van der Waals surface area (Å²) in [6, 6.07) is 16.4. The molecule has 3 nitrogen and oxygen atoms in total. The zero-order chi connectivity index (χ0) is 14.7. The number of hydrogen-bond donors (Lipinski definition) is 1. The minimum Gasteiger partial charge on any atom is -0.349 e. The van der Waals surface area contributed by atoms with Crippen molar-refractivity contribution in [3.63, 3.8) is 0 Å². The van der Waals surface area contributed by atoms with Crippen LogP contribution in [0, 0.1) is 12.7 Å². The summed E-state index contributed by atoms with van der Waals surface area (Å²) in [4.78, 5) is 0. The van der Waals surface area contributed by atoms with Crippen molar-refractivity contribution in [3.8, 4) is 0 Å². The van der Waals surface area contributed by atoms with E-state index >= 15 is 0 Å². The van der Waals surface area contributed by atoms with Crippen molar-refractivity contribution in [3.05, 3.63) is 76.5 Å². The molecule has 1 atom stereocenters. The van der Waals surface area contributed by atoms with Crippen molar-refractivity contribution < 1.29 is 4.39 Å². The lowest BCUT2D eigenvalue weighted by molar-refractivity contribution is 0.624. The van der Waals surface area contributed by atoms with Gasteiger partial charge < -0.3 is 5.32 Å². The number of aryl methyl sites for hydroxylation is 1. The Labute approximate surface area is 126 Å². The first-order chi connectivity index (χ1) is 10.2. The van der Waals surface area contributed by atoms with Gasteiger partial charge in [-0.15, -0.1) is 10.2 Å². The molecule has 1 unspecified atom stereocenters. The predicted octanol–water partition coefficient (Wildman–Crippen LogP) is 4.19. The Balaban J connectivity index is 1.98. The molecule has 3 rings (SSSR count). The van der Waals surface area contributed by atoms with Crippen LogP contribution in [0.15, 0.2) is 54.6 Å². The number of halogens is 1. The molecule has 0 spiro atoms. The van der Waals surface area contributed by atoms with Gasteiger partial charge in [0.05, 0.1) is 6.04 Å². The van der Waals surface area contributed by atoms with Crippen molar-refractivity contribution in [1.29, 1.82) is 0 Å². The number of anilines is 1. The molecule has 1 aromatic heterocycles. The number of hydrogen-bond acceptors (Lipinski definition) is 4. The van der Waals surface area contributed by atoms with E-state index in [4.69, 9.17) is 0 Å². The van der Waals surface area contributed by atoms with E-state index in [0.717, 1.165) is 21.3 Å². The zero-order valence-electron chi connectivity index (χ0n) is 11.5. The average molecular weight is 299 g/mol. The summed E-state index contributed by atoms with van der Waals surface area (Å²) >= 11 is 1.48. The highest BCUT2D eigenvalue weighted by atomic mass is 32.1. The van der Waals surface area contributed by atoms with Crippen molar-refractivity contribution in [2.75, 3.05) is 5.32 Å². The molecule has 1 N–H and O–H groups in total. The highest BCUT2D eigenvalue weighted by molar-refractivity contribution is 7.15. The number of benzene rings is 2. The first-order valence-corrected chi connectivity index (χ1v) is 7.41. The molecule has 2 aromatic carbocycles. The molecule has 106 valence electrons. The van der Waals surface area contributed by atoms with E-state index in [1.54, 1.807) is 12.1 Å². The van der Waals surface area contributed by atoms with Gasteiger partial charge in [-0.2, -0.15) is 0 Å². The molecule has 5 heteroatoms. The molecule has 0 radical (unpaired) electrons. The Kier molecular flexibility index (Phi) is 3.92. The number of aromatic nitrogens is 2. The van der Waals surface area contributed by atoms with Crippen LogP contribution in [0.5, 0.6) is 0 Å². The summed E-state index contributed by atoms with van der Waals surface area (Å²) in [7, 11) is 0. The maximum absolute atomic E-state index is 13.5. The number of nitrogens with one attached hydrogen (secondary N) is 1. The maximum atomic E-state index is 13.5. The van der Waals surface area contributed by atoms with Gasteiger partial charge in [0.25, 0.3) is 0 Å². The predicted molar refractivity (Wildman–Crippen MR) is 83.0 cm³/mol. The van der Waals surface area contributed by atoms with Gasteiger partial charge in [0.2, 0.25) is 5.13 Å². The minimum atomic E-state index is -0.247. The molecule has 0 saturated carbocycles. The molecule has 3 aromatic rings. The Hall–Kier alpha value is -2.27. The summed E-state index contributed by atoms with van der Waals surface area (Å²) in [5.74, 6) is -0.247. The molecule has 0 aliphatic carbocycles. The van der Waals surface area contributed by atoms with Crippen LogP contribution in [0.2, 0.25) is 0 Å². The van der Waals surface area contributed by atoms with Gasteiger partial charge >= 0.3 is 0 Å². The highest BCUT2D eigenvalue weighted by Crippen LogP contribution is 2.28. The van der Waals surface area contributed by atoms with Crippen molar-refractivity contribution >= 4 is 16.5 Å². The van der Waals surface area contributed by atoms with Crippen LogP contribution in [-0.2, 0) is 0 Å². The second kappa shape index (κ2) is 6.01. The van der Waals surface area contributed by atoms with E-state index in [0.29, 0.717) is 0 Å². The standard InChI is InChI=1S/C16H14FN3S/c1-11-19-20-16(21-11)18-15(12-6-3-2-4-7-12)13-8-5-9-14(17)10-13/h2-10,15H,1H3,(H,18,20). The van der Waals surface area contributed by atoms with E-state index in [-0.39, 0.29) is 11.9 Å². The number of rotatable bonds is 4. The Morgan fingerprint density at radius 1 is 1.00 bits per heavy atom. The third-order valence-corrected chi connectivity index (χ3v) is 3.88. The SMILES string of the molecule is Cc1nnc(NC(c2ccccc2)c2cccc(F)c2)s1. The molecule has 0 aliphatic heterocycles. The lowest BCUT2D eigenvalue weighted by Crippen LogP contribution is -2.12. The van der Waals surface area contributed by atoms with Crippen molar-refractivity contribution in [1.82, 2.24) is 10.2 Å². The lowest BCUT2D eigenvalue weighted by atomic mass is 9.99. The van der Waals surface area contributed by atoms with Crippen LogP contribution in [0.1, 0.15) is 22.2 Å². The largest absolute Gasteiger partial charge is 0.349 e. The van der Waals surface area contributed by atoms with Gasteiger partial charge in [0.1, 0.15) is 10.8 Å². The summed E-state index contributed by atoms with van der Waals surface area (Å²) in [6.07, 6.45) is 0.